The molecule has 4 nitrogen and oxygen atoms in total. The quantitative estimate of drug-likeness (QED) is 0.288. The van der Waals surface area contributed by atoms with Gasteiger partial charge in [0.1, 0.15) is 34.7 Å². The summed E-state index contributed by atoms with van der Waals surface area (Å²) < 4.78 is 71.4. The number of ether oxygens (including phenoxy) is 1. The van der Waals surface area contributed by atoms with Crippen molar-refractivity contribution in [3.63, 3.8) is 0 Å². The van der Waals surface area contributed by atoms with Crippen molar-refractivity contribution in [2.75, 3.05) is 0 Å². The zero-order valence-corrected chi connectivity index (χ0v) is 18.7. The summed E-state index contributed by atoms with van der Waals surface area (Å²) in [6.07, 6.45) is -4.46. The molecule has 1 N–H and O–H groups in total. The molecule has 0 unspecified atom stereocenters. The van der Waals surface area contributed by atoms with Gasteiger partial charge in [0.2, 0.25) is 0 Å². The Kier molecular flexibility index (Phi) is 7.11. The van der Waals surface area contributed by atoms with Crippen LogP contribution >= 0.6 is 11.3 Å². The van der Waals surface area contributed by atoms with Crippen molar-refractivity contribution in [1.82, 2.24) is 10.3 Å². The molecule has 1 aromatic heterocycles. The van der Waals surface area contributed by atoms with Crippen molar-refractivity contribution in [3.8, 4) is 16.3 Å². The molecule has 0 aliphatic carbocycles. The third-order valence-electron chi connectivity index (χ3n) is 4.99. The Hall–Kier alpha value is -3.79. The number of halogens is 5. The van der Waals surface area contributed by atoms with E-state index in [4.69, 9.17) is 4.74 Å². The number of thiazole rings is 1. The molecule has 35 heavy (non-hydrogen) atoms. The average Bonchev–Trinajstić information content (AvgIpc) is 3.33. The fourth-order valence-electron chi connectivity index (χ4n) is 3.16. The van der Waals surface area contributed by atoms with E-state index in [1.807, 2.05) is 0 Å². The molecule has 0 aliphatic rings. The number of nitrogens with zero attached hydrogens (tertiary/aromatic N) is 1. The molecule has 0 radical (unpaired) electrons. The first kappa shape index (κ1) is 24.3. The Labute approximate surface area is 201 Å². The summed E-state index contributed by atoms with van der Waals surface area (Å²) in [6.45, 7) is -0.352. The van der Waals surface area contributed by atoms with Crippen LogP contribution in [0.2, 0.25) is 0 Å². The molecule has 0 saturated carbocycles. The van der Waals surface area contributed by atoms with Crippen LogP contribution in [0.5, 0.6) is 5.75 Å². The maximum atomic E-state index is 13.7. The summed E-state index contributed by atoms with van der Waals surface area (Å²) in [5.74, 6) is -1.50. The predicted molar refractivity (Wildman–Crippen MR) is 121 cm³/mol. The number of nitrogens with one attached hydrogen (secondary N) is 1. The van der Waals surface area contributed by atoms with Crippen LogP contribution in [-0.2, 0) is 19.3 Å². The fraction of sp³-hybridized carbons (Fsp3) is 0.120. The minimum Gasteiger partial charge on any atom is -0.489 e. The van der Waals surface area contributed by atoms with Gasteiger partial charge < -0.3 is 10.1 Å². The van der Waals surface area contributed by atoms with E-state index in [9.17, 15) is 26.7 Å². The number of carbonyl (C=O) groups is 1. The normalized spacial score (nSPS) is 11.3. The number of alkyl halides is 3. The molecule has 0 bridgehead atoms. The number of amides is 1. The van der Waals surface area contributed by atoms with Crippen molar-refractivity contribution in [2.45, 2.75) is 19.3 Å². The van der Waals surface area contributed by atoms with E-state index >= 15 is 0 Å². The number of hydrogen-bond acceptors (Lipinski definition) is 4. The van der Waals surface area contributed by atoms with E-state index in [1.54, 1.807) is 29.6 Å². The summed E-state index contributed by atoms with van der Waals surface area (Å²) in [4.78, 5) is 16.7. The summed E-state index contributed by atoms with van der Waals surface area (Å²) in [5.41, 5.74) is 0.183. The van der Waals surface area contributed by atoms with Gasteiger partial charge in [-0.2, -0.15) is 13.2 Å². The van der Waals surface area contributed by atoms with E-state index in [2.05, 4.69) is 10.3 Å². The van der Waals surface area contributed by atoms with E-state index in [1.165, 1.54) is 29.5 Å². The molecule has 0 spiro atoms. The zero-order chi connectivity index (χ0) is 25.0. The van der Waals surface area contributed by atoms with Gasteiger partial charge in [0.05, 0.1) is 11.1 Å². The van der Waals surface area contributed by atoms with Crippen LogP contribution in [0.1, 0.15) is 27.2 Å². The molecular weight excluding hydrogens is 487 g/mol. The van der Waals surface area contributed by atoms with E-state index < -0.39 is 29.3 Å². The highest BCUT2D eigenvalue weighted by Crippen LogP contribution is 2.30. The molecule has 0 saturated heterocycles. The Bertz CT molecular complexity index is 1320. The van der Waals surface area contributed by atoms with Gasteiger partial charge in [-0.05, 0) is 54.1 Å². The number of aromatic nitrogens is 1. The SMILES string of the molecule is O=C(NCc1cccc(C(F)(F)F)c1)c1csc(-c2ccc(OCc3c(F)cccc3F)cc2)n1. The van der Waals surface area contributed by atoms with Gasteiger partial charge in [-0.15, -0.1) is 11.3 Å². The second kappa shape index (κ2) is 10.2. The van der Waals surface area contributed by atoms with Gasteiger partial charge >= 0.3 is 6.18 Å². The second-order valence-electron chi connectivity index (χ2n) is 7.43. The average molecular weight is 504 g/mol. The van der Waals surface area contributed by atoms with Crippen molar-refractivity contribution < 1.29 is 31.5 Å². The minimum atomic E-state index is -4.46. The third-order valence-corrected chi connectivity index (χ3v) is 5.88. The number of benzene rings is 3. The Morgan fingerprint density at radius 2 is 1.66 bits per heavy atom. The lowest BCUT2D eigenvalue weighted by atomic mass is 10.1. The zero-order valence-electron chi connectivity index (χ0n) is 17.9. The smallest absolute Gasteiger partial charge is 0.416 e. The number of carbonyl (C=O) groups excluding carboxylic acids is 1. The maximum absolute atomic E-state index is 13.7. The Morgan fingerprint density at radius 1 is 0.971 bits per heavy atom. The van der Waals surface area contributed by atoms with Crippen LogP contribution < -0.4 is 10.1 Å². The monoisotopic (exact) mass is 504 g/mol. The first-order valence-electron chi connectivity index (χ1n) is 10.3. The van der Waals surface area contributed by atoms with E-state index in [0.717, 1.165) is 24.3 Å². The highest BCUT2D eigenvalue weighted by atomic mass is 32.1. The molecule has 4 rings (SSSR count). The highest BCUT2D eigenvalue weighted by molar-refractivity contribution is 7.13. The molecule has 180 valence electrons. The highest BCUT2D eigenvalue weighted by Gasteiger charge is 2.30. The molecule has 1 heterocycles. The topological polar surface area (TPSA) is 51.2 Å². The molecule has 10 heteroatoms. The van der Waals surface area contributed by atoms with Gasteiger partial charge in [-0.1, -0.05) is 18.2 Å². The number of hydrogen-bond donors (Lipinski definition) is 1. The lowest BCUT2D eigenvalue weighted by Crippen LogP contribution is -2.23. The van der Waals surface area contributed by atoms with Gasteiger partial charge in [0.25, 0.3) is 5.91 Å². The van der Waals surface area contributed by atoms with Crippen LogP contribution in [-0.4, -0.2) is 10.9 Å². The summed E-state index contributed by atoms with van der Waals surface area (Å²) >= 11 is 1.22. The first-order chi connectivity index (χ1) is 16.7. The molecule has 1 amide bonds. The van der Waals surface area contributed by atoms with Crippen molar-refractivity contribution in [2.24, 2.45) is 0 Å². The van der Waals surface area contributed by atoms with Crippen LogP contribution in [0.15, 0.2) is 72.1 Å². The molecular formula is C25H17F5N2O2S. The van der Waals surface area contributed by atoms with Crippen LogP contribution in [0.4, 0.5) is 22.0 Å². The minimum absolute atomic E-state index is 0.0791. The standard InChI is InChI=1S/C25H17F5N2O2S/c26-20-5-2-6-21(27)19(20)13-34-18-9-7-16(8-10-18)24-32-22(14-35-24)23(33)31-12-15-3-1-4-17(11-15)25(28,29)30/h1-11,14H,12-13H2,(H,31,33). The summed E-state index contributed by atoms with van der Waals surface area (Å²) in [5, 5.41) is 4.65. The van der Waals surface area contributed by atoms with Gasteiger partial charge in [-0.3, -0.25) is 4.79 Å². The predicted octanol–water partition coefficient (Wildman–Crippen LogP) is 6.62. The maximum Gasteiger partial charge on any atom is 0.416 e. The molecule has 0 aliphatic heterocycles. The van der Waals surface area contributed by atoms with Crippen molar-refractivity contribution in [1.29, 1.82) is 0 Å². The Balaban J connectivity index is 1.36. The van der Waals surface area contributed by atoms with Crippen molar-refractivity contribution in [3.05, 3.63) is 106 Å². The van der Waals surface area contributed by atoms with Crippen LogP contribution in [0.3, 0.4) is 0 Å². The van der Waals surface area contributed by atoms with Crippen LogP contribution in [0, 0.1) is 11.6 Å². The fourth-order valence-corrected chi connectivity index (χ4v) is 3.97. The van der Waals surface area contributed by atoms with E-state index in [0.29, 0.717) is 21.9 Å². The largest absolute Gasteiger partial charge is 0.489 e. The van der Waals surface area contributed by atoms with Crippen molar-refractivity contribution >= 4 is 17.2 Å². The lowest BCUT2D eigenvalue weighted by molar-refractivity contribution is -0.137. The second-order valence-corrected chi connectivity index (χ2v) is 8.29. The molecule has 3 aromatic carbocycles. The first-order valence-corrected chi connectivity index (χ1v) is 11.1. The van der Waals surface area contributed by atoms with Gasteiger partial charge in [0, 0.05) is 17.5 Å². The van der Waals surface area contributed by atoms with Crippen LogP contribution in [0.25, 0.3) is 10.6 Å². The van der Waals surface area contributed by atoms with E-state index in [-0.39, 0.29) is 24.4 Å². The Morgan fingerprint density at radius 3 is 2.34 bits per heavy atom. The third kappa shape index (κ3) is 6.02. The summed E-state index contributed by atoms with van der Waals surface area (Å²) in [6, 6.07) is 14.9. The number of rotatable bonds is 7. The lowest BCUT2D eigenvalue weighted by Gasteiger charge is -2.09. The molecule has 0 atom stereocenters. The van der Waals surface area contributed by atoms with Gasteiger partial charge in [-0.25, -0.2) is 13.8 Å². The van der Waals surface area contributed by atoms with Gasteiger partial charge in [0.15, 0.2) is 0 Å². The summed E-state index contributed by atoms with van der Waals surface area (Å²) in [7, 11) is 0. The molecule has 0 fully saturated rings. The molecule has 4 aromatic rings.